The largest absolute Gasteiger partial charge is 0.398 e. The topological polar surface area (TPSA) is 38.4 Å². The molecule has 0 bridgehead atoms. The third-order valence-electron chi connectivity index (χ3n) is 12.5. The Balaban J connectivity index is 1.02. The SMILES string of the molecule is N/C(=C\C(=N/Sc1ccccc1)c1ccc(-c2ccccc2)c(-c2ccccc2)c1)c1cccc(-c2cccc(-c3cccc4c3-c3ccccc3C43CCCCC3)c2)c1. The lowest BCUT2D eigenvalue weighted by atomic mass is 9.68. The zero-order valence-electron chi connectivity index (χ0n) is 33.6. The number of allylic oxidation sites excluding steroid dienone is 1. The average Bonchev–Trinajstić information content (AvgIpc) is 3.59. The van der Waals surface area contributed by atoms with Gasteiger partial charge in [-0.15, -0.1) is 0 Å². The molecule has 2 nitrogen and oxygen atoms in total. The van der Waals surface area contributed by atoms with Gasteiger partial charge in [-0.3, -0.25) is 0 Å². The van der Waals surface area contributed by atoms with Crippen molar-refractivity contribution in [1.29, 1.82) is 0 Å². The van der Waals surface area contributed by atoms with Crippen LogP contribution >= 0.6 is 11.9 Å². The van der Waals surface area contributed by atoms with Crippen molar-refractivity contribution in [1.82, 2.24) is 0 Å². The van der Waals surface area contributed by atoms with Gasteiger partial charge in [0.15, 0.2) is 0 Å². The van der Waals surface area contributed by atoms with E-state index in [0.717, 1.165) is 44.0 Å². The summed E-state index contributed by atoms with van der Waals surface area (Å²) in [5.74, 6) is 0. The Morgan fingerprint density at radius 3 is 1.80 bits per heavy atom. The molecule has 0 unspecified atom stereocenters. The van der Waals surface area contributed by atoms with Gasteiger partial charge in [0.2, 0.25) is 0 Å². The molecular formula is C57H46N2S. The van der Waals surface area contributed by atoms with Crippen molar-refractivity contribution < 1.29 is 0 Å². The van der Waals surface area contributed by atoms with Crippen molar-refractivity contribution in [3.63, 3.8) is 0 Å². The first-order chi connectivity index (χ1) is 29.6. The Bertz CT molecular complexity index is 2870. The van der Waals surface area contributed by atoms with Gasteiger partial charge in [-0.1, -0.05) is 189 Å². The first-order valence-corrected chi connectivity index (χ1v) is 21.9. The summed E-state index contributed by atoms with van der Waals surface area (Å²) in [6.45, 7) is 0. The summed E-state index contributed by atoms with van der Waals surface area (Å²) < 4.78 is 5.15. The molecule has 0 saturated heterocycles. The van der Waals surface area contributed by atoms with Gasteiger partial charge in [0.25, 0.3) is 0 Å². The molecule has 0 radical (unpaired) electrons. The van der Waals surface area contributed by atoms with Gasteiger partial charge < -0.3 is 5.73 Å². The third-order valence-corrected chi connectivity index (χ3v) is 13.2. The molecule has 2 N–H and O–H groups in total. The summed E-state index contributed by atoms with van der Waals surface area (Å²) in [5.41, 5.74) is 26.0. The van der Waals surface area contributed by atoms with Gasteiger partial charge in [-0.2, -0.15) is 0 Å². The maximum atomic E-state index is 7.09. The van der Waals surface area contributed by atoms with Gasteiger partial charge >= 0.3 is 0 Å². The lowest BCUT2D eigenvalue weighted by Gasteiger charge is -2.36. The molecule has 2 aliphatic carbocycles. The molecule has 60 heavy (non-hydrogen) atoms. The average molecular weight is 791 g/mol. The molecule has 0 aromatic heterocycles. The summed E-state index contributed by atoms with van der Waals surface area (Å²) >= 11 is 1.46. The zero-order chi connectivity index (χ0) is 40.3. The zero-order valence-corrected chi connectivity index (χ0v) is 34.4. The van der Waals surface area contributed by atoms with E-state index in [-0.39, 0.29) is 5.41 Å². The molecule has 1 fully saturated rings. The van der Waals surface area contributed by atoms with E-state index >= 15 is 0 Å². The molecule has 8 aromatic rings. The first-order valence-electron chi connectivity index (χ1n) is 21.1. The Labute approximate surface area is 358 Å². The molecule has 1 saturated carbocycles. The van der Waals surface area contributed by atoms with Crippen LogP contribution < -0.4 is 5.73 Å². The van der Waals surface area contributed by atoms with Crippen molar-refractivity contribution in [2.24, 2.45) is 10.1 Å². The normalized spacial score (nSPS) is 14.5. The van der Waals surface area contributed by atoms with Gasteiger partial charge in [-0.25, -0.2) is 4.40 Å². The van der Waals surface area contributed by atoms with Crippen molar-refractivity contribution in [3.8, 4) is 55.6 Å². The van der Waals surface area contributed by atoms with Crippen LogP contribution in [-0.2, 0) is 5.41 Å². The molecular weight excluding hydrogens is 745 g/mol. The van der Waals surface area contributed by atoms with Crippen LogP contribution in [0.5, 0.6) is 0 Å². The van der Waals surface area contributed by atoms with Gasteiger partial charge in [0, 0.05) is 33.5 Å². The number of fused-ring (bicyclic) bond motifs is 5. The maximum Gasteiger partial charge on any atom is 0.0810 e. The summed E-state index contributed by atoms with van der Waals surface area (Å²) in [7, 11) is 0. The summed E-state index contributed by atoms with van der Waals surface area (Å²) in [4.78, 5) is 1.06. The lowest BCUT2D eigenvalue weighted by molar-refractivity contribution is 0.353. The minimum atomic E-state index is 0.130. The fourth-order valence-electron chi connectivity index (χ4n) is 9.59. The Hall–Kier alpha value is -6.68. The minimum absolute atomic E-state index is 0.130. The Kier molecular flexibility index (Phi) is 10.3. The molecule has 1 spiro atoms. The summed E-state index contributed by atoms with van der Waals surface area (Å²) in [6.07, 6.45) is 8.40. The molecule has 2 aliphatic rings. The summed E-state index contributed by atoms with van der Waals surface area (Å²) in [6, 6.07) is 71.9. The predicted molar refractivity (Wildman–Crippen MR) is 255 cm³/mol. The highest BCUT2D eigenvalue weighted by molar-refractivity contribution is 7.98. The van der Waals surface area contributed by atoms with E-state index in [1.54, 1.807) is 0 Å². The molecule has 0 amide bonds. The molecule has 0 heterocycles. The maximum absolute atomic E-state index is 7.09. The van der Waals surface area contributed by atoms with Crippen molar-refractivity contribution in [2.75, 3.05) is 0 Å². The van der Waals surface area contributed by atoms with E-state index in [2.05, 4.69) is 182 Å². The van der Waals surface area contributed by atoms with Crippen molar-refractivity contribution in [2.45, 2.75) is 42.4 Å². The smallest absolute Gasteiger partial charge is 0.0810 e. The highest BCUT2D eigenvalue weighted by atomic mass is 32.2. The molecule has 10 rings (SSSR count). The van der Waals surface area contributed by atoms with E-state index in [9.17, 15) is 0 Å². The van der Waals surface area contributed by atoms with Gasteiger partial charge in [0.05, 0.1) is 5.71 Å². The third kappa shape index (κ3) is 7.20. The van der Waals surface area contributed by atoms with E-state index in [1.807, 2.05) is 24.3 Å². The van der Waals surface area contributed by atoms with E-state index in [4.69, 9.17) is 10.1 Å². The van der Waals surface area contributed by atoms with Gasteiger partial charge in [0.1, 0.15) is 0 Å². The number of hydrogen-bond donors (Lipinski definition) is 1. The number of nitrogens with two attached hydrogens (primary N) is 1. The first kappa shape index (κ1) is 37.6. The highest BCUT2D eigenvalue weighted by Crippen LogP contribution is 2.57. The van der Waals surface area contributed by atoms with E-state index in [1.165, 1.54) is 88.6 Å². The van der Waals surface area contributed by atoms with Crippen LogP contribution in [-0.4, -0.2) is 5.71 Å². The minimum Gasteiger partial charge on any atom is -0.398 e. The quantitative estimate of drug-likeness (QED) is 0.117. The van der Waals surface area contributed by atoms with Crippen LogP contribution in [0.25, 0.3) is 61.3 Å². The Morgan fingerprint density at radius 2 is 1.03 bits per heavy atom. The van der Waals surface area contributed by atoms with Crippen LogP contribution in [0.4, 0.5) is 0 Å². The second-order valence-electron chi connectivity index (χ2n) is 16.1. The van der Waals surface area contributed by atoms with E-state index in [0.29, 0.717) is 5.70 Å². The second-order valence-corrected chi connectivity index (χ2v) is 16.9. The number of hydrogen-bond acceptors (Lipinski definition) is 3. The lowest BCUT2D eigenvalue weighted by Crippen LogP contribution is -2.27. The highest BCUT2D eigenvalue weighted by Gasteiger charge is 2.44. The molecule has 0 atom stereocenters. The van der Waals surface area contributed by atoms with Gasteiger partial charge in [-0.05, 0) is 122 Å². The van der Waals surface area contributed by atoms with Crippen LogP contribution in [0.1, 0.15) is 54.4 Å². The second kappa shape index (κ2) is 16.5. The van der Waals surface area contributed by atoms with Crippen molar-refractivity contribution >= 4 is 23.4 Å². The van der Waals surface area contributed by atoms with E-state index < -0.39 is 0 Å². The fourth-order valence-corrected chi connectivity index (χ4v) is 10.2. The van der Waals surface area contributed by atoms with Crippen LogP contribution in [0.3, 0.4) is 0 Å². The van der Waals surface area contributed by atoms with Crippen LogP contribution in [0, 0.1) is 0 Å². The standard InChI is InChI=1S/C57H46N2S/c58-54(39-55(59-60-47-26-9-3-10-27-47)46-32-33-48(40-18-5-1-6-19-40)51(38-46)41-20-7-2-8-21-41)45-25-16-23-43(37-45)42-22-15-24-44(36-42)49-29-17-31-53-56(49)50-28-11-12-30-52(50)57(53)34-13-4-14-35-57/h1-3,5-12,15-33,36-39H,4,13-14,34-35,58H2/b54-39-,59-55+. The van der Waals surface area contributed by atoms with Crippen molar-refractivity contribution in [3.05, 3.63) is 229 Å². The molecule has 0 aliphatic heterocycles. The number of nitrogens with zero attached hydrogens (tertiary/aromatic N) is 1. The van der Waals surface area contributed by atoms with Crippen LogP contribution in [0.2, 0.25) is 0 Å². The van der Waals surface area contributed by atoms with Crippen LogP contribution in [0.15, 0.2) is 216 Å². The molecule has 290 valence electrons. The molecule has 3 heteroatoms. The monoisotopic (exact) mass is 790 g/mol. The Morgan fingerprint density at radius 1 is 0.450 bits per heavy atom. The number of rotatable bonds is 9. The molecule has 8 aromatic carbocycles. The number of benzene rings is 8. The summed E-state index contributed by atoms with van der Waals surface area (Å²) in [5, 5.41) is 0. The fraction of sp³-hybridized carbons (Fsp3) is 0.105. The predicted octanol–water partition coefficient (Wildman–Crippen LogP) is 15.1.